The molecule has 360 valence electrons. The summed E-state index contributed by atoms with van der Waals surface area (Å²) in [5.41, 5.74) is 5.18. The summed E-state index contributed by atoms with van der Waals surface area (Å²) in [6, 6.07) is 11.1. The largest absolute Gasteiger partial charge is 0.494 e. The number of hydrogen-bond donors (Lipinski definition) is 3. The van der Waals surface area contributed by atoms with E-state index in [2.05, 4.69) is 80.6 Å². The summed E-state index contributed by atoms with van der Waals surface area (Å²) in [5.74, 6) is -1.38. The van der Waals surface area contributed by atoms with Gasteiger partial charge in [-0.1, -0.05) is 0 Å². The van der Waals surface area contributed by atoms with Crippen LogP contribution >= 0.6 is 23.1 Å². The van der Waals surface area contributed by atoms with E-state index in [1.807, 2.05) is 17.0 Å². The molecule has 15 nitrogen and oxygen atoms in total. The van der Waals surface area contributed by atoms with Crippen LogP contribution in [0.3, 0.4) is 0 Å². The van der Waals surface area contributed by atoms with Crippen molar-refractivity contribution in [2.24, 2.45) is 5.92 Å². The van der Waals surface area contributed by atoms with Crippen molar-refractivity contribution in [2.75, 3.05) is 99.8 Å². The molecule has 4 aliphatic rings. The van der Waals surface area contributed by atoms with E-state index >= 15 is 8.78 Å². The third-order valence-electron chi connectivity index (χ3n) is 14.1. The lowest BCUT2D eigenvalue weighted by Gasteiger charge is -2.44. The van der Waals surface area contributed by atoms with Crippen LogP contribution in [-0.4, -0.2) is 127 Å². The zero-order valence-corrected chi connectivity index (χ0v) is 41.5. The first-order valence-electron chi connectivity index (χ1n) is 23.6. The Balaban J connectivity index is 0.739. The van der Waals surface area contributed by atoms with Gasteiger partial charge in [0.1, 0.15) is 35.9 Å². The fourth-order valence-electron chi connectivity index (χ4n) is 10.4. The molecule has 0 bridgehead atoms. The number of anilines is 6. The molecule has 5 aromatic rings. The van der Waals surface area contributed by atoms with Crippen molar-refractivity contribution >= 4 is 85.7 Å². The Bertz CT molecular complexity index is 2720. The molecule has 3 aromatic carbocycles. The second kappa shape index (κ2) is 20.4. The molecular formula is C49H59BrF2N11O4P. The number of fused-ring (bicyclic) bond motifs is 1. The number of methoxy groups -OCH3 is 1. The summed E-state index contributed by atoms with van der Waals surface area (Å²) in [4.78, 5) is 51.9. The molecular weight excluding hydrogens is 955 g/mol. The van der Waals surface area contributed by atoms with Gasteiger partial charge in [0.2, 0.25) is 17.8 Å². The van der Waals surface area contributed by atoms with Gasteiger partial charge in [-0.25, -0.2) is 13.8 Å². The number of amides is 2. The number of piperidine rings is 3. The zero-order valence-electron chi connectivity index (χ0n) is 39.0. The summed E-state index contributed by atoms with van der Waals surface area (Å²) >= 11 is 3.59. The summed E-state index contributed by atoms with van der Waals surface area (Å²) in [6.07, 6.45) is 10.3. The average Bonchev–Trinajstić information content (AvgIpc) is 3.32. The third kappa shape index (κ3) is 10.5. The number of imide groups is 1. The van der Waals surface area contributed by atoms with E-state index in [4.69, 9.17) is 9.72 Å². The van der Waals surface area contributed by atoms with Gasteiger partial charge in [0.05, 0.1) is 39.7 Å². The predicted molar refractivity (Wildman–Crippen MR) is 267 cm³/mol. The van der Waals surface area contributed by atoms with Crippen molar-refractivity contribution in [3.63, 3.8) is 0 Å². The molecule has 4 fully saturated rings. The molecule has 0 aliphatic carbocycles. The van der Waals surface area contributed by atoms with Crippen LogP contribution in [0.4, 0.5) is 43.3 Å². The Kier molecular flexibility index (Phi) is 14.3. The topological polar surface area (TPSA) is 161 Å². The van der Waals surface area contributed by atoms with Crippen molar-refractivity contribution in [3.05, 3.63) is 82.2 Å². The number of halogens is 3. The summed E-state index contributed by atoms with van der Waals surface area (Å²) < 4.78 is 50.5. The highest BCUT2D eigenvalue weighted by Crippen LogP contribution is 2.42. The Morgan fingerprint density at radius 1 is 0.853 bits per heavy atom. The molecule has 2 amide bonds. The van der Waals surface area contributed by atoms with Crippen molar-refractivity contribution in [3.8, 4) is 5.75 Å². The Hall–Kier alpha value is -5.29. The van der Waals surface area contributed by atoms with Crippen LogP contribution in [0.1, 0.15) is 62.0 Å². The molecule has 68 heavy (non-hydrogen) atoms. The van der Waals surface area contributed by atoms with E-state index in [0.29, 0.717) is 61.7 Å². The highest BCUT2D eigenvalue weighted by molar-refractivity contribution is 9.10. The number of aryl methyl sites for hydroxylation is 1. The normalized spacial score (nSPS) is 19.4. The van der Waals surface area contributed by atoms with Gasteiger partial charge in [0.15, 0.2) is 0 Å². The van der Waals surface area contributed by atoms with Crippen LogP contribution in [-0.2, 0) is 14.2 Å². The van der Waals surface area contributed by atoms with Gasteiger partial charge in [0, 0.05) is 106 Å². The number of benzene rings is 3. The van der Waals surface area contributed by atoms with Gasteiger partial charge < -0.3 is 34.6 Å². The Morgan fingerprint density at radius 3 is 2.25 bits per heavy atom. The molecule has 6 heterocycles. The number of carbonyl (C=O) groups is 2. The predicted octanol–water partition coefficient (Wildman–Crippen LogP) is 7.93. The van der Waals surface area contributed by atoms with E-state index in [-0.39, 0.29) is 18.4 Å². The van der Waals surface area contributed by atoms with E-state index in [1.54, 1.807) is 39.0 Å². The van der Waals surface area contributed by atoms with Crippen LogP contribution in [0.2, 0.25) is 0 Å². The lowest BCUT2D eigenvalue weighted by atomic mass is 9.89. The molecule has 3 N–H and O–H groups in total. The van der Waals surface area contributed by atoms with Gasteiger partial charge in [-0.15, -0.1) is 0 Å². The van der Waals surface area contributed by atoms with Gasteiger partial charge >= 0.3 is 0 Å². The summed E-state index contributed by atoms with van der Waals surface area (Å²) in [5, 5.41) is 9.55. The molecule has 1 atom stereocenters. The van der Waals surface area contributed by atoms with Gasteiger partial charge in [-0.2, -0.15) is 4.98 Å². The van der Waals surface area contributed by atoms with Crippen molar-refractivity contribution < 1.29 is 27.7 Å². The second-order valence-corrected chi connectivity index (χ2v) is 22.9. The number of hydrogen-bond acceptors (Lipinski definition) is 14. The van der Waals surface area contributed by atoms with Crippen molar-refractivity contribution in [2.45, 2.75) is 63.8 Å². The Morgan fingerprint density at radius 2 is 1.56 bits per heavy atom. The minimum atomic E-state index is -2.78. The molecule has 19 heteroatoms. The molecule has 1 unspecified atom stereocenters. The number of piperazine rings is 1. The molecule has 0 spiro atoms. The highest BCUT2D eigenvalue weighted by atomic mass is 79.9. The first-order chi connectivity index (χ1) is 32.7. The second-order valence-electron chi connectivity index (χ2n) is 18.9. The van der Waals surface area contributed by atoms with E-state index in [9.17, 15) is 14.2 Å². The van der Waals surface area contributed by atoms with E-state index in [0.717, 1.165) is 108 Å². The van der Waals surface area contributed by atoms with Crippen molar-refractivity contribution in [1.82, 2.24) is 35.1 Å². The monoisotopic (exact) mass is 1010 g/mol. The minimum absolute atomic E-state index is 0.0702. The van der Waals surface area contributed by atoms with Crippen molar-refractivity contribution in [1.29, 1.82) is 0 Å². The molecule has 4 saturated heterocycles. The number of nitrogens with one attached hydrogen (secondary N) is 3. The Labute approximate surface area is 404 Å². The fraction of sp³-hybridized carbons (Fsp3) is 0.469. The van der Waals surface area contributed by atoms with Crippen LogP contribution in [0.25, 0.3) is 11.0 Å². The number of rotatable bonds is 13. The van der Waals surface area contributed by atoms with Crippen LogP contribution < -0.4 is 35.8 Å². The standard InChI is InChI=1S/C49H59BrF2N11O4P/c1-30-25-40(57-49-55-29-35(50)47(59-49)56-39-7-6-38-45(54-15-14-53-38)46(39)68(3,4)66)42(67-2)28-41(30)63-19-12-32(13-20-63)62-23-21-60(22-24-62)16-9-31-10-17-61(18-11-31)33-26-36(51)44(37(52)27-33)34-5-8-43(64)58-48(34)65/h6-7,14-15,25-29,31-32,34H,5,8-13,16-24H2,1-4H3,(H,58,64,65)(H2,55,56,57,59). The smallest absolute Gasteiger partial charge is 0.234 e. The van der Waals surface area contributed by atoms with Crippen LogP contribution in [0, 0.1) is 24.5 Å². The average molecular weight is 1010 g/mol. The zero-order chi connectivity index (χ0) is 47.7. The number of aromatic nitrogens is 4. The SMILES string of the molecule is COc1cc(N2CCC(N3CCN(CCC4CCN(c5cc(F)c(C6CCC(=O)NC6=O)c(F)c5)CC4)CC3)CC2)c(C)cc1Nc1ncc(Br)c(Nc2ccc3nccnc3c2P(C)(C)=O)n1. The first-order valence-corrected chi connectivity index (χ1v) is 26.9. The lowest BCUT2D eigenvalue weighted by Crippen LogP contribution is -2.53. The maximum atomic E-state index is 15.2. The van der Waals surface area contributed by atoms with Gasteiger partial charge in [-0.3, -0.25) is 29.8 Å². The fourth-order valence-corrected chi connectivity index (χ4v) is 12.1. The number of ether oxygens (including phenoxy) is 1. The molecule has 0 radical (unpaired) electrons. The van der Waals surface area contributed by atoms with E-state index < -0.39 is 36.5 Å². The molecule has 2 aromatic heterocycles. The maximum absolute atomic E-state index is 15.2. The summed E-state index contributed by atoms with van der Waals surface area (Å²) in [7, 11) is -1.11. The molecule has 0 saturated carbocycles. The van der Waals surface area contributed by atoms with Gasteiger partial charge in [-0.05, 0) is 123 Å². The number of nitrogens with zero attached hydrogens (tertiary/aromatic N) is 8. The molecule has 4 aliphatic heterocycles. The lowest BCUT2D eigenvalue weighted by molar-refractivity contribution is -0.134. The van der Waals surface area contributed by atoms with Crippen LogP contribution in [0.15, 0.2) is 59.5 Å². The first kappa shape index (κ1) is 47.8. The quantitative estimate of drug-likeness (QED) is 0.0771. The molecule has 9 rings (SSSR count). The highest BCUT2D eigenvalue weighted by Gasteiger charge is 2.34. The maximum Gasteiger partial charge on any atom is 0.234 e. The third-order valence-corrected chi connectivity index (χ3v) is 16.2. The number of carbonyl (C=O) groups excluding carboxylic acids is 2. The van der Waals surface area contributed by atoms with Crippen LogP contribution in [0.5, 0.6) is 5.75 Å². The summed E-state index contributed by atoms with van der Waals surface area (Å²) in [6.45, 7) is 14.2. The minimum Gasteiger partial charge on any atom is -0.494 e. The van der Waals surface area contributed by atoms with Gasteiger partial charge in [0.25, 0.3) is 0 Å². The van der Waals surface area contributed by atoms with E-state index in [1.165, 1.54) is 12.1 Å².